The van der Waals surface area contributed by atoms with E-state index in [1.54, 1.807) is 0 Å². The first-order valence-electron chi connectivity index (χ1n) is 10.8. The lowest BCUT2D eigenvalue weighted by atomic mass is 9.87. The van der Waals surface area contributed by atoms with E-state index >= 15 is 0 Å². The zero-order valence-electron chi connectivity index (χ0n) is 18.4. The number of unbranched alkanes of at least 4 members (excludes halogenated alkanes) is 2. The standard InChI is InChI=1S/C24H38O5/c1-5-6-14-24(3,28)15-10-12-19-20(22(26)17-21(19)25)16-18(2)11-8-7-9-13-23(27)29-4/h8,10,12,19-21,25,28H,5-7,9,13-17H2,1-4H3. The first-order chi connectivity index (χ1) is 13.7. The fraction of sp³-hybridized carbons (Fsp3) is 0.708. The summed E-state index contributed by atoms with van der Waals surface area (Å²) in [4.78, 5) is 23.5. The van der Waals surface area contributed by atoms with Crippen LogP contribution in [-0.2, 0) is 14.3 Å². The van der Waals surface area contributed by atoms with Crippen molar-refractivity contribution in [2.24, 2.45) is 11.8 Å². The summed E-state index contributed by atoms with van der Waals surface area (Å²) in [6.07, 6.45) is 10.9. The second-order valence-corrected chi connectivity index (χ2v) is 8.46. The molecule has 5 heteroatoms. The van der Waals surface area contributed by atoms with Gasteiger partial charge in [0.1, 0.15) is 5.78 Å². The Hall–Kier alpha value is -1.68. The average molecular weight is 407 g/mol. The Labute approximate surface area is 175 Å². The Bertz CT molecular complexity index is 625. The number of allylic oxidation sites excluding steroid dienone is 1. The lowest BCUT2D eigenvalue weighted by molar-refractivity contribution is -0.140. The van der Waals surface area contributed by atoms with E-state index in [-0.39, 0.29) is 30.0 Å². The molecule has 5 nitrogen and oxygen atoms in total. The average Bonchev–Trinajstić information content (AvgIpc) is 2.92. The highest BCUT2D eigenvalue weighted by molar-refractivity contribution is 5.85. The van der Waals surface area contributed by atoms with E-state index in [9.17, 15) is 19.8 Å². The molecular formula is C24H38O5. The van der Waals surface area contributed by atoms with Crippen LogP contribution in [-0.4, -0.2) is 40.8 Å². The van der Waals surface area contributed by atoms with Crippen LogP contribution >= 0.6 is 0 Å². The number of hydrogen-bond acceptors (Lipinski definition) is 5. The molecule has 0 aromatic heterocycles. The van der Waals surface area contributed by atoms with Crippen molar-refractivity contribution in [2.45, 2.75) is 90.3 Å². The summed E-state index contributed by atoms with van der Waals surface area (Å²) in [6, 6.07) is 0. The molecule has 1 fully saturated rings. The molecular weight excluding hydrogens is 368 g/mol. The van der Waals surface area contributed by atoms with E-state index < -0.39 is 11.7 Å². The Kier molecular flexibility index (Phi) is 11.2. The summed E-state index contributed by atoms with van der Waals surface area (Å²) in [5, 5.41) is 20.7. The van der Waals surface area contributed by atoms with Gasteiger partial charge in [0.25, 0.3) is 0 Å². The molecule has 0 spiro atoms. The molecule has 1 saturated carbocycles. The number of ketones is 1. The largest absolute Gasteiger partial charge is 0.469 e. The van der Waals surface area contributed by atoms with Gasteiger partial charge in [0.2, 0.25) is 0 Å². The summed E-state index contributed by atoms with van der Waals surface area (Å²) in [5.74, 6) is -0.608. The van der Waals surface area contributed by atoms with Gasteiger partial charge < -0.3 is 14.9 Å². The molecule has 0 heterocycles. The number of carbonyl (C=O) groups is 2. The van der Waals surface area contributed by atoms with Gasteiger partial charge in [-0.1, -0.05) is 31.9 Å². The van der Waals surface area contributed by atoms with Crippen molar-refractivity contribution in [3.8, 4) is 0 Å². The number of esters is 1. The number of methoxy groups -OCH3 is 1. The van der Waals surface area contributed by atoms with Gasteiger partial charge in [-0.05, 0) is 57.6 Å². The zero-order valence-corrected chi connectivity index (χ0v) is 18.4. The normalized spacial score (nSPS) is 23.7. The Morgan fingerprint density at radius 2 is 2.10 bits per heavy atom. The maximum atomic E-state index is 12.4. The van der Waals surface area contributed by atoms with Crippen molar-refractivity contribution >= 4 is 11.8 Å². The molecule has 0 aromatic carbocycles. The van der Waals surface area contributed by atoms with Crippen LogP contribution in [0.3, 0.4) is 0 Å². The molecule has 4 atom stereocenters. The third kappa shape index (κ3) is 9.58. The van der Waals surface area contributed by atoms with Crippen LogP contribution in [0.25, 0.3) is 0 Å². The lowest BCUT2D eigenvalue weighted by Crippen LogP contribution is -2.23. The summed E-state index contributed by atoms with van der Waals surface area (Å²) in [7, 11) is 1.38. The molecule has 29 heavy (non-hydrogen) atoms. The predicted octanol–water partition coefficient (Wildman–Crippen LogP) is 4.27. The Morgan fingerprint density at radius 1 is 1.38 bits per heavy atom. The van der Waals surface area contributed by atoms with E-state index in [2.05, 4.69) is 17.4 Å². The fourth-order valence-corrected chi connectivity index (χ4v) is 3.71. The first kappa shape index (κ1) is 25.4. The predicted molar refractivity (Wildman–Crippen MR) is 114 cm³/mol. The van der Waals surface area contributed by atoms with Crippen LogP contribution in [0, 0.1) is 11.8 Å². The quantitative estimate of drug-likeness (QED) is 0.219. The number of aliphatic hydroxyl groups excluding tert-OH is 1. The fourth-order valence-electron chi connectivity index (χ4n) is 3.71. The van der Waals surface area contributed by atoms with E-state index in [4.69, 9.17) is 0 Å². The second kappa shape index (κ2) is 12.8. The van der Waals surface area contributed by atoms with Gasteiger partial charge in [0, 0.05) is 24.7 Å². The molecule has 0 bridgehead atoms. The number of hydrogen-bond donors (Lipinski definition) is 2. The Morgan fingerprint density at radius 3 is 2.76 bits per heavy atom. The SMILES string of the molecule is CCCCC(C)(O)CC=CC1C(O)CC(=O)C1CC(C)=C=CCCCC(=O)OC. The number of carbonyl (C=O) groups excluding carboxylic acids is 2. The minimum atomic E-state index is -0.752. The third-order valence-electron chi connectivity index (χ3n) is 5.55. The van der Waals surface area contributed by atoms with Crippen LogP contribution in [0.5, 0.6) is 0 Å². The van der Waals surface area contributed by atoms with Gasteiger partial charge >= 0.3 is 5.97 Å². The molecule has 1 aliphatic carbocycles. The number of Topliss-reactive ketones (excluding diaryl/α,β-unsaturated/α-hetero) is 1. The molecule has 0 radical (unpaired) electrons. The van der Waals surface area contributed by atoms with Crippen LogP contribution in [0.15, 0.2) is 29.5 Å². The number of ether oxygens (including phenoxy) is 1. The van der Waals surface area contributed by atoms with Crippen molar-refractivity contribution in [3.05, 3.63) is 29.5 Å². The zero-order chi connectivity index (χ0) is 21.9. The van der Waals surface area contributed by atoms with Crippen LogP contribution in [0.1, 0.15) is 78.6 Å². The minimum Gasteiger partial charge on any atom is -0.469 e. The van der Waals surface area contributed by atoms with E-state index in [1.807, 2.05) is 32.1 Å². The molecule has 4 unspecified atom stereocenters. The van der Waals surface area contributed by atoms with Gasteiger partial charge in [0.15, 0.2) is 0 Å². The van der Waals surface area contributed by atoms with Crippen molar-refractivity contribution in [1.82, 2.24) is 0 Å². The lowest BCUT2D eigenvalue weighted by Gasteiger charge is -2.22. The van der Waals surface area contributed by atoms with Crippen molar-refractivity contribution < 1.29 is 24.5 Å². The summed E-state index contributed by atoms with van der Waals surface area (Å²) < 4.78 is 4.61. The van der Waals surface area contributed by atoms with Gasteiger partial charge in [-0.15, -0.1) is 5.73 Å². The summed E-state index contributed by atoms with van der Waals surface area (Å²) in [5.41, 5.74) is 3.41. The molecule has 1 aliphatic rings. The molecule has 0 aliphatic heterocycles. The van der Waals surface area contributed by atoms with E-state index in [0.29, 0.717) is 25.7 Å². The van der Waals surface area contributed by atoms with Crippen LogP contribution in [0.2, 0.25) is 0 Å². The third-order valence-corrected chi connectivity index (χ3v) is 5.55. The first-order valence-corrected chi connectivity index (χ1v) is 10.8. The van der Waals surface area contributed by atoms with Gasteiger partial charge in [-0.2, -0.15) is 0 Å². The van der Waals surface area contributed by atoms with E-state index in [0.717, 1.165) is 31.3 Å². The highest BCUT2D eigenvalue weighted by atomic mass is 16.5. The molecule has 164 valence electrons. The molecule has 2 N–H and O–H groups in total. The molecule has 0 saturated heterocycles. The van der Waals surface area contributed by atoms with E-state index in [1.165, 1.54) is 7.11 Å². The van der Waals surface area contributed by atoms with Crippen molar-refractivity contribution in [3.63, 3.8) is 0 Å². The van der Waals surface area contributed by atoms with Crippen LogP contribution < -0.4 is 0 Å². The summed E-state index contributed by atoms with van der Waals surface area (Å²) in [6.45, 7) is 5.87. The summed E-state index contributed by atoms with van der Waals surface area (Å²) >= 11 is 0. The second-order valence-electron chi connectivity index (χ2n) is 8.46. The maximum absolute atomic E-state index is 12.4. The van der Waals surface area contributed by atoms with Gasteiger partial charge in [-0.3, -0.25) is 9.59 Å². The highest BCUT2D eigenvalue weighted by Crippen LogP contribution is 2.35. The van der Waals surface area contributed by atoms with Gasteiger partial charge in [-0.25, -0.2) is 0 Å². The monoisotopic (exact) mass is 406 g/mol. The van der Waals surface area contributed by atoms with Crippen LogP contribution in [0.4, 0.5) is 0 Å². The number of aliphatic hydroxyl groups is 2. The van der Waals surface area contributed by atoms with Crippen molar-refractivity contribution in [2.75, 3.05) is 7.11 Å². The topological polar surface area (TPSA) is 83.8 Å². The Balaban J connectivity index is 2.65. The minimum absolute atomic E-state index is 0.0803. The maximum Gasteiger partial charge on any atom is 0.305 e. The molecule has 0 aromatic rings. The van der Waals surface area contributed by atoms with Gasteiger partial charge in [0.05, 0.1) is 18.8 Å². The number of rotatable bonds is 12. The molecule has 0 amide bonds. The highest BCUT2D eigenvalue weighted by Gasteiger charge is 2.39. The van der Waals surface area contributed by atoms with Crippen molar-refractivity contribution in [1.29, 1.82) is 0 Å². The molecule has 1 rings (SSSR count). The smallest absolute Gasteiger partial charge is 0.305 e.